The largest absolute Gasteiger partial charge is 0.352 e. The van der Waals surface area contributed by atoms with Crippen molar-refractivity contribution in [2.24, 2.45) is 0 Å². The third kappa shape index (κ3) is 3.88. The molecule has 0 bridgehead atoms. The van der Waals surface area contributed by atoms with Crippen LogP contribution in [0.25, 0.3) is 11.0 Å². The van der Waals surface area contributed by atoms with E-state index >= 15 is 0 Å². The van der Waals surface area contributed by atoms with Crippen LogP contribution >= 0.6 is 0 Å². The third-order valence-corrected chi connectivity index (χ3v) is 3.90. The number of imidazole rings is 1. The van der Waals surface area contributed by atoms with Gasteiger partial charge in [-0.1, -0.05) is 19.1 Å². The van der Waals surface area contributed by atoms with Gasteiger partial charge in [-0.15, -0.1) is 0 Å². The van der Waals surface area contributed by atoms with Crippen molar-refractivity contribution in [3.63, 3.8) is 0 Å². The Kier molecular flexibility index (Phi) is 4.60. The number of hydrogen-bond acceptors (Lipinski definition) is 3. The zero-order chi connectivity index (χ0) is 16.2. The average molecular weight is 314 g/mol. The molecule has 1 aromatic heterocycles. The van der Waals surface area contributed by atoms with Crippen molar-refractivity contribution in [1.29, 1.82) is 0 Å². The van der Waals surface area contributed by atoms with Gasteiger partial charge < -0.3 is 15.2 Å². The molecule has 3 rings (SSSR count). The Hall–Kier alpha value is -2.37. The number of amides is 2. The smallest absolute Gasteiger partial charge is 0.240 e. The van der Waals surface area contributed by atoms with Crippen molar-refractivity contribution in [2.45, 2.75) is 51.7 Å². The maximum atomic E-state index is 12.2. The summed E-state index contributed by atoms with van der Waals surface area (Å²) >= 11 is 0. The number of rotatable bonds is 7. The summed E-state index contributed by atoms with van der Waals surface area (Å²) in [6.07, 6.45) is 3.45. The minimum Gasteiger partial charge on any atom is -0.352 e. The Balaban J connectivity index is 1.78. The molecular formula is C17H22N4O2. The predicted octanol–water partition coefficient (Wildman–Crippen LogP) is 1.73. The van der Waals surface area contributed by atoms with E-state index in [0.717, 1.165) is 30.3 Å². The number of benzene rings is 1. The first-order valence-corrected chi connectivity index (χ1v) is 8.17. The van der Waals surface area contributed by atoms with Gasteiger partial charge in [-0.2, -0.15) is 0 Å². The van der Waals surface area contributed by atoms with Gasteiger partial charge in [-0.25, -0.2) is 4.98 Å². The molecule has 2 aromatic rings. The standard InChI is InChI=1S/C17H22N4O2/c1-2-5-16(22)18-10-15-20-13-6-3-4-7-14(13)21(15)11-17(23)19-12-8-9-12/h3-4,6-7,12H,2,5,8-11H2,1H3,(H,18,22)(H,19,23). The van der Waals surface area contributed by atoms with Gasteiger partial charge in [-0.05, 0) is 31.4 Å². The molecular weight excluding hydrogens is 292 g/mol. The van der Waals surface area contributed by atoms with Crippen molar-refractivity contribution in [1.82, 2.24) is 20.2 Å². The molecule has 1 heterocycles. The van der Waals surface area contributed by atoms with Crippen LogP contribution in [0.1, 0.15) is 38.4 Å². The second-order valence-corrected chi connectivity index (χ2v) is 5.97. The molecule has 1 fully saturated rings. The third-order valence-electron chi connectivity index (χ3n) is 3.90. The minimum absolute atomic E-state index is 0.00297. The molecule has 6 nitrogen and oxygen atoms in total. The van der Waals surface area contributed by atoms with E-state index in [0.29, 0.717) is 24.8 Å². The van der Waals surface area contributed by atoms with Crippen LogP contribution < -0.4 is 10.6 Å². The molecule has 122 valence electrons. The van der Waals surface area contributed by atoms with Gasteiger partial charge in [0.05, 0.1) is 17.6 Å². The minimum atomic E-state index is -0.00297. The Morgan fingerprint density at radius 1 is 1.26 bits per heavy atom. The van der Waals surface area contributed by atoms with Crippen LogP contribution in [0.5, 0.6) is 0 Å². The summed E-state index contributed by atoms with van der Waals surface area (Å²) in [6.45, 7) is 2.54. The van der Waals surface area contributed by atoms with Crippen LogP contribution in [0, 0.1) is 0 Å². The monoisotopic (exact) mass is 314 g/mol. The van der Waals surface area contributed by atoms with E-state index in [1.807, 2.05) is 35.8 Å². The molecule has 0 unspecified atom stereocenters. The number of aromatic nitrogens is 2. The number of nitrogens with zero attached hydrogens (tertiary/aromatic N) is 2. The average Bonchev–Trinajstić information content (AvgIpc) is 3.27. The highest BCUT2D eigenvalue weighted by atomic mass is 16.2. The normalized spacial score (nSPS) is 14.0. The van der Waals surface area contributed by atoms with E-state index in [4.69, 9.17) is 0 Å². The van der Waals surface area contributed by atoms with Gasteiger partial charge in [0.1, 0.15) is 12.4 Å². The van der Waals surface area contributed by atoms with E-state index in [1.165, 1.54) is 0 Å². The molecule has 23 heavy (non-hydrogen) atoms. The SMILES string of the molecule is CCCC(=O)NCc1nc2ccccc2n1CC(=O)NC1CC1. The lowest BCUT2D eigenvalue weighted by atomic mass is 10.3. The quantitative estimate of drug-likeness (QED) is 0.817. The molecule has 6 heteroatoms. The van der Waals surface area contributed by atoms with E-state index in [2.05, 4.69) is 15.6 Å². The van der Waals surface area contributed by atoms with Crippen LogP contribution in [0.4, 0.5) is 0 Å². The molecule has 0 saturated heterocycles. The molecule has 2 N–H and O–H groups in total. The lowest BCUT2D eigenvalue weighted by Gasteiger charge is -2.10. The Labute approximate surface area is 135 Å². The van der Waals surface area contributed by atoms with E-state index in [-0.39, 0.29) is 18.4 Å². The van der Waals surface area contributed by atoms with Crippen molar-refractivity contribution in [3.8, 4) is 0 Å². The summed E-state index contributed by atoms with van der Waals surface area (Å²) < 4.78 is 1.89. The maximum absolute atomic E-state index is 12.2. The molecule has 1 saturated carbocycles. The van der Waals surface area contributed by atoms with Crippen LogP contribution in [0.2, 0.25) is 0 Å². The molecule has 1 aliphatic carbocycles. The highest BCUT2D eigenvalue weighted by Crippen LogP contribution is 2.19. The van der Waals surface area contributed by atoms with E-state index in [9.17, 15) is 9.59 Å². The van der Waals surface area contributed by atoms with Gasteiger partial charge >= 0.3 is 0 Å². The summed E-state index contributed by atoms with van der Waals surface area (Å²) in [5.41, 5.74) is 1.75. The van der Waals surface area contributed by atoms with E-state index < -0.39 is 0 Å². The first-order chi connectivity index (χ1) is 11.2. The van der Waals surface area contributed by atoms with Gasteiger partial charge in [-0.3, -0.25) is 9.59 Å². The second-order valence-electron chi connectivity index (χ2n) is 5.97. The van der Waals surface area contributed by atoms with Crippen LogP contribution in [0.3, 0.4) is 0 Å². The first-order valence-electron chi connectivity index (χ1n) is 8.17. The summed E-state index contributed by atoms with van der Waals surface area (Å²) in [7, 11) is 0. The molecule has 0 spiro atoms. The van der Waals surface area contributed by atoms with Crippen LogP contribution in [-0.4, -0.2) is 27.4 Å². The molecule has 0 radical (unpaired) electrons. The van der Waals surface area contributed by atoms with Crippen LogP contribution in [0.15, 0.2) is 24.3 Å². The zero-order valence-electron chi connectivity index (χ0n) is 13.3. The highest BCUT2D eigenvalue weighted by Gasteiger charge is 2.24. The number of carbonyl (C=O) groups excluding carboxylic acids is 2. The Morgan fingerprint density at radius 3 is 2.78 bits per heavy atom. The second kappa shape index (κ2) is 6.81. The van der Waals surface area contributed by atoms with Gasteiger partial charge in [0.15, 0.2) is 0 Å². The van der Waals surface area contributed by atoms with Gasteiger partial charge in [0.2, 0.25) is 11.8 Å². The Morgan fingerprint density at radius 2 is 2.04 bits per heavy atom. The number of nitrogens with one attached hydrogen (secondary N) is 2. The summed E-state index contributed by atoms with van der Waals surface area (Å²) in [5.74, 6) is 0.715. The lowest BCUT2D eigenvalue weighted by Crippen LogP contribution is -2.31. The van der Waals surface area contributed by atoms with E-state index in [1.54, 1.807) is 0 Å². The predicted molar refractivity (Wildman–Crippen MR) is 87.7 cm³/mol. The summed E-state index contributed by atoms with van der Waals surface area (Å²) in [4.78, 5) is 28.4. The molecule has 2 amide bonds. The molecule has 1 aliphatic rings. The first kappa shape index (κ1) is 15.5. The Bertz CT molecular complexity index is 718. The molecule has 0 aliphatic heterocycles. The number of para-hydroxylation sites is 2. The maximum Gasteiger partial charge on any atom is 0.240 e. The zero-order valence-corrected chi connectivity index (χ0v) is 13.3. The highest BCUT2D eigenvalue weighted by molar-refractivity contribution is 5.81. The van der Waals surface area contributed by atoms with Gasteiger partial charge in [0.25, 0.3) is 0 Å². The fourth-order valence-electron chi connectivity index (χ4n) is 2.57. The summed E-state index contributed by atoms with van der Waals surface area (Å²) in [6, 6.07) is 8.05. The van der Waals surface area contributed by atoms with Crippen molar-refractivity contribution in [3.05, 3.63) is 30.1 Å². The number of carbonyl (C=O) groups is 2. The fourth-order valence-corrected chi connectivity index (χ4v) is 2.57. The van der Waals surface area contributed by atoms with Crippen molar-refractivity contribution < 1.29 is 9.59 Å². The summed E-state index contributed by atoms with van der Waals surface area (Å²) in [5, 5.41) is 5.87. The molecule has 1 aromatic carbocycles. The van der Waals surface area contributed by atoms with Crippen molar-refractivity contribution >= 4 is 22.8 Å². The lowest BCUT2D eigenvalue weighted by molar-refractivity contribution is -0.122. The van der Waals surface area contributed by atoms with Crippen molar-refractivity contribution in [2.75, 3.05) is 0 Å². The number of fused-ring (bicyclic) bond motifs is 1. The number of hydrogen-bond donors (Lipinski definition) is 2. The van der Waals surface area contributed by atoms with Gasteiger partial charge in [0, 0.05) is 12.5 Å². The topological polar surface area (TPSA) is 76.0 Å². The van der Waals surface area contributed by atoms with Crippen LogP contribution in [-0.2, 0) is 22.7 Å². The fraction of sp³-hybridized carbons (Fsp3) is 0.471. The molecule has 0 atom stereocenters.